The van der Waals surface area contributed by atoms with Crippen molar-refractivity contribution >= 4 is 11.7 Å². The first-order valence-electron chi connectivity index (χ1n) is 7.38. The highest BCUT2D eigenvalue weighted by Crippen LogP contribution is 2.40. The van der Waals surface area contributed by atoms with Gasteiger partial charge in [-0.25, -0.2) is 4.39 Å². The lowest BCUT2D eigenvalue weighted by Crippen LogP contribution is -2.44. The van der Waals surface area contributed by atoms with E-state index in [1.165, 1.54) is 6.07 Å². The molecule has 108 valence electrons. The number of carboxylic acid groups (broad SMARTS) is 1. The van der Waals surface area contributed by atoms with Gasteiger partial charge in [-0.15, -0.1) is 0 Å². The third kappa shape index (κ3) is 2.28. The highest BCUT2D eigenvalue weighted by Gasteiger charge is 2.42. The number of benzene rings is 1. The van der Waals surface area contributed by atoms with Crippen LogP contribution in [0.15, 0.2) is 18.2 Å². The quantitative estimate of drug-likeness (QED) is 0.922. The van der Waals surface area contributed by atoms with Crippen molar-refractivity contribution in [2.45, 2.75) is 38.5 Å². The molecule has 1 heterocycles. The van der Waals surface area contributed by atoms with Gasteiger partial charge in [-0.05, 0) is 37.0 Å². The monoisotopic (exact) mass is 277 g/mol. The zero-order valence-electron chi connectivity index (χ0n) is 11.6. The summed E-state index contributed by atoms with van der Waals surface area (Å²) in [5.74, 6) is -0.939. The van der Waals surface area contributed by atoms with E-state index in [-0.39, 0.29) is 5.82 Å². The molecule has 0 spiro atoms. The number of fused-ring (bicyclic) bond motifs is 1. The van der Waals surface area contributed by atoms with Crippen LogP contribution in [0, 0.1) is 11.2 Å². The summed E-state index contributed by atoms with van der Waals surface area (Å²) in [6.07, 6.45) is 5.45. The lowest BCUT2D eigenvalue weighted by molar-refractivity contribution is -0.150. The summed E-state index contributed by atoms with van der Waals surface area (Å²) in [4.78, 5) is 13.8. The Morgan fingerprint density at radius 1 is 1.30 bits per heavy atom. The minimum Gasteiger partial charge on any atom is -0.481 e. The summed E-state index contributed by atoms with van der Waals surface area (Å²) in [5, 5.41) is 9.65. The molecule has 3 nitrogen and oxygen atoms in total. The van der Waals surface area contributed by atoms with E-state index in [1.807, 2.05) is 6.07 Å². The molecule has 2 aliphatic rings. The highest BCUT2D eigenvalue weighted by molar-refractivity contribution is 5.76. The molecule has 1 N–H and O–H groups in total. The fourth-order valence-electron chi connectivity index (χ4n) is 3.62. The number of hydrogen-bond acceptors (Lipinski definition) is 2. The first-order chi connectivity index (χ1) is 9.61. The second-order valence-electron chi connectivity index (χ2n) is 6.09. The minimum absolute atomic E-state index is 0.247. The van der Waals surface area contributed by atoms with Crippen LogP contribution in [0.2, 0.25) is 0 Å². The van der Waals surface area contributed by atoms with Crippen molar-refractivity contribution in [3.63, 3.8) is 0 Å². The van der Waals surface area contributed by atoms with Gasteiger partial charge in [0.15, 0.2) is 0 Å². The maximum absolute atomic E-state index is 13.4. The van der Waals surface area contributed by atoms with Gasteiger partial charge in [0.05, 0.1) is 5.41 Å². The predicted octanol–water partition coefficient (Wildman–Crippen LogP) is 3.22. The van der Waals surface area contributed by atoms with Gasteiger partial charge in [-0.2, -0.15) is 0 Å². The van der Waals surface area contributed by atoms with Crippen LogP contribution in [-0.2, 0) is 11.2 Å². The standard InChI is InChI=1S/C16H20FNO2/c17-13-5-4-12-6-9-18(14(12)10-13)11-16(15(19)20)7-2-1-3-8-16/h4-5,10H,1-3,6-9,11H2,(H,19,20). The van der Waals surface area contributed by atoms with E-state index in [4.69, 9.17) is 0 Å². The van der Waals surface area contributed by atoms with Crippen LogP contribution in [-0.4, -0.2) is 24.2 Å². The summed E-state index contributed by atoms with van der Waals surface area (Å²) >= 11 is 0. The molecule has 0 aromatic heterocycles. The molecule has 1 aliphatic heterocycles. The number of carboxylic acids is 1. The van der Waals surface area contributed by atoms with Gasteiger partial charge in [-0.3, -0.25) is 4.79 Å². The van der Waals surface area contributed by atoms with Crippen molar-refractivity contribution in [3.8, 4) is 0 Å². The molecular formula is C16H20FNO2. The van der Waals surface area contributed by atoms with Crippen molar-refractivity contribution in [2.24, 2.45) is 5.41 Å². The van der Waals surface area contributed by atoms with Crippen molar-refractivity contribution in [2.75, 3.05) is 18.0 Å². The number of hydrogen-bond donors (Lipinski definition) is 1. The molecule has 0 amide bonds. The Morgan fingerprint density at radius 3 is 2.75 bits per heavy atom. The molecule has 0 saturated heterocycles. The summed E-state index contributed by atoms with van der Waals surface area (Å²) in [6, 6.07) is 4.84. The summed E-state index contributed by atoms with van der Waals surface area (Å²) in [7, 11) is 0. The minimum atomic E-state index is -0.693. The van der Waals surface area contributed by atoms with Crippen LogP contribution in [0.1, 0.15) is 37.7 Å². The van der Waals surface area contributed by atoms with Gasteiger partial charge >= 0.3 is 5.97 Å². The van der Waals surface area contributed by atoms with E-state index in [0.717, 1.165) is 56.3 Å². The molecule has 0 bridgehead atoms. The third-order valence-corrected chi connectivity index (χ3v) is 4.80. The van der Waals surface area contributed by atoms with Gasteiger partial charge in [0.1, 0.15) is 5.82 Å². The van der Waals surface area contributed by atoms with E-state index in [2.05, 4.69) is 4.90 Å². The zero-order chi connectivity index (χ0) is 14.2. The highest BCUT2D eigenvalue weighted by atomic mass is 19.1. The van der Waals surface area contributed by atoms with Gasteiger partial charge in [0.2, 0.25) is 0 Å². The molecule has 1 saturated carbocycles. The van der Waals surface area contributed by atoms with Crippen LogP contribution >= 0.6 is 0 Å². The van der Waals surface area contributed by atoms with Crippen molar-refractivity contribution in [3.05, 3.63) is 29.6 Å². The lowest BCUT2D eigenvalue weighted by atomic mass is 9.73. The average Bonchev–Trinajstić information content (AvgIpc) is 2.82. The van der Waals surface area contributed by atoms with E-state index < -0.39 is 11.4 Å². The van der Waals surface area contributed by atoms with Crippen LogP contribution in [0.25, 0.3) is 0 Å². The van der Waals surface area contributed by atoms with Crippen molar-refractivity contribution in [1.82, 2.24) is 0 Å². The lowest BCUT2D eigenvalue weighted by Gasteiger charge is -2.37. The Balaban J connectivity index is 1.85. The predicted molar refractivity (Wildman–Crippen MR) is 75.5 cm³/mol. The SMILES string of the molecule is O=C(O)C1(CN2CCc3ccc(F)cc32)CCCCC1. The second kappa shape index (κ2) is 5.08. The molecule has 0 unspecified atom stereocenters. The van der Waals surface area contributed by atoms with Gasteiger partial charge in [0.25, 0.3) is 0 Å². The van der Waals surface area contributed by atoms with Crippen LogP contribution in [0.3, 0.4) is 0 Å². The molecule has 4 heteroatoms. The summed E-state index contributed by atoms with van der Waals surface area (Å²) < 4.78 is 13.4. The van der Waals surface area contributed by atoms with Crippen LogP contribution in [0.4, 0.5) is 10.1 Å². The average molecular weight is 277 g/mol. The molecule has 20 heavy (non-hydrogen) atoms. The topological polar surface area (TPSA) is 40.5 Å². The Hall–Kier alpha value is -1.58. The fourth-order valence-corrected chi connectivity index (χ4v) is 3.62. The number of rotatable bonds is 3. The molecule has 1 aromatic carbocycles. The van der Waals surface area contributed by atoms with E-state index in [1.54, 1.807) is 6.07 Å². The van der Waals surface area contributed by atoms with Crippen molar-refractivity contribution < 1.29 is 14.3 Å². The second-order valence-corrected chi connectivity index (χ2v) is 6.09. The normalized spacial score (nSPS) is 20.8. The van der Waals surface area contributed by atoms with Gasteiger partial charge in [-0.1, -0.05) is 25.3 Å². The van der Waals surface area contributed by atoms with E-state index in [9.17, 15) is 14.3 Å². The number of anilines is 1. The number of carbonyl (C=O) groups is 1. The van der Waals surface area contributed by atoms with Gasteiger partial charge < -0.3 is 10.0 Å². The zero-order valence-corrected chi connectivity index (χ0v) is 11.6. The van der Waals surface area contributed by atoms with E-state index >= 15 is 0 Å². The largest absolute Gasteiger partial charge is 0.481 e. The number of nitrogens with zero attached hydrogens (tertiary/aromatic N) is 1. The molecule has 1 fully saturated rings. The van der Waals surface area contributed by atoms with E-state index in [0.29, 0.717) is 6.54 Å². The molecule has 3 rings (SSSR count). The molecule has 1 aromatic rings. The molecule has 1 aliphatic carbocycles. The Bertz CT molecular complexity index is 523. The first kappa shape index (κ1) is 13.4. The van der Waals surface area contributed by atoms with Crippen LogP contribution < -0.4 is 4.90 Å². The first-order valence-corrected chi connectivity index (χ1v) is 7.38. The summed E-state index contributed by atoms with van der Waals surface area (Å²) in [5.41, 5.74) is 1.37. The Labute approximate surface area is 118 Å². The fraction of sp³-hybridized carbons (Fsp3) is 0.562. The molecule has 0 atom stereocenters. The molecule has 0 radical (unpaired) electrons. The molecular weight excluding hydrogens is 257 g/mol. The Morgan fingerprint density at radius 2 is 2.05 bits per heavy atom. The van der Waals surface area contributed by atoms with Crippen LogP contribution in [0.5, 0.6) is 0 Å². The maximum atomic E-state index is 13.4. The third-order valence-electron chi connectivity index (χ3n) is 4.80. The number of halogens is 1. The summed E-state index contributed by atoms with van der Waals surface area (Å²) in [6.45, 7) is 1.31. The Kier molecular flexibility index (Phi) is 3.40. The number of aliphatic carboxylic acids is 1. The van der Waals surface area contributed by atoms with Crippen molar-refractivity contribution in [1.29, 1.82) is 0 Å². The smallest absolute Gasteiger partial charge is 0.311 e. The van der Waals surface area contributed by atoms with Gasteiger partial charge in [0, 0.05) is 18.8 Å². The maximum Gasteiger partial charge on any atom is 0.311 e.